The van der Waals surface area contributed by atoms with Gasteiger partial charge in [0.25, 0.3) is 0 Å². The van der Waals surface area contributed by atoms with Crippen molar-refractivity contribution in [3.63, 3.8) is 0 Å². The van der Waals surface area contributed by atoms with Crippen molar-refractivity contribution in [1.82, 2.24) is 0 Å². The second-order valence-electron chi connectivity index (χ2n) is 3.55. The lowest BCUT2D eigenvalue weighted by Gasteiger charge is -2.09. The summed E-state index contributed by atoms with van der Waals surface area (Å²) in [7, 11) is 0. The summed E-state index contributed by atoms with van der Waals surface area (Å²) in [5.41, 5.74) is 0. The predicted octanol–water partition coefficient (Wildman–Crippen LogP) is 1.82. The van der Waals surface area contributed by atoms with Crippen molar-refractivity contribution in [2.45, 2.75) is 46.0 Å². The van der Waals surface area contributed by atoms with Crippen molar-refractivity contribution < 1.29 is 19.5 Å². The molecule has 0 aliphatic carbocycles. The maximum absolute atomic E-state index is 11.5. The minimum atomic E-state index is -1.51. The molecule has 1 unspecified atom stereocenters. The van der Waals surface area contributed by atoms with Gasteiger partial charge in [-0.25, -0.2) is 4.79 Å². The molecule has 86 valence electrons. The third-order valence-electron chi connectivity index (χ3n) is 2.35. The number of rotatable bonds is 8. The summed E-state index contributed by atoms with van der Waals surface area (Å²) < 4.78 is 0. The van der Waals surface area contributed by atoms with Crippen LogP contribution in [0.25, 0.3) is 0 Å². The van der Waals surface area contributed by atoms with Gasteiger partial charge in [-0.05, 0) is 12.8 Å². The number of hydrogen-bond acceptors (Lipinski definition) is 3. The van der Waals surface area contributed by atoms with E-state index < -0.39 is 17.7 Å². The molecular formula is C11H18O4. The lowest BCUT2D eigenvalue weighted by molar-refractivity contribution is -0.153. The molecule has 0 aromatic carbocycles. The molecule has 0 heterocycles. The lowest BCUT2D eigenvalue weighted by atomic mass is 9.92. The maximum Gasteiger partial charge on any atom is 0.372 e. The summed E-state index contributed by atoms with van der Waals surface area (Å²) in [6.07, 6.45) is 3.25. The van der Waals surface area contributed by atoms with Gasteiger partial charge in [-0.3, -0.25) is 9.59 Å². The number of Topliss-reactive ketones (excluding diaryl/α,β-unsaturated/α-hetero) is 2. The average molecular weight is 214 g/mol. The fourth-order valence-corrected chi connectivity index (χ4v) is 1.43. The number of carboxylic acids is 1. The normalized spacial score (nSPS) is 12.1. The highest BCUT2D eigenvalue weighted by Crippen LogP contribution is 2.11. The Labute approximate surface area is 89.7 Å². The van der Waals surface area contributed by atoms with Crippen molar-refractivity contribution in [2.75, 3.05) is 0 Å². The average Bonchev–Trinajstić information content (AvgIpc) is 2.19. The lowest BCUT2D eigenvalue weighted by Crippen LogP contribution is -2.29. The highest BCUT2D eigenvalue weighted by atomic mass is 16.4. The van der Waals surface area contributed by atoms with E-state index in [2.05, 4.69) is 0 Å². The molecule has 0 aromatic heterocycles. The first-order chi connectivity index (χ1) is 7.04. The summed E-state index contributed by atoms with van der Waals surface area (Å²) in [6, 6.07) is 0. The molecule has 0 fully saturated rings. The van der Waals surface area contributed by atoms with Gasteiger partial charge in [-0.15, -0.1) is 0 Å². The summed E-state index contributed by atoms with van der Waals surface area (Å²) in [6.45, 7) is 3.67. The van der Waals surface area contributed by atoms with Crippen LogP contribution in [0.4, 0.5) is 0 Å². The third kappa shape index (κ3) is 4.72. The number of unbranched alkanes of at least 4 members (excludes halogenated alkanes) is 2. The van der Waals surface area contributed by atoms with Crippen LogP contribution >= 0.6 is 0 Å². The van der Waals surface area contributed by atoms with Crippen LogP contribution in [0.3, 0.4) is 0 Å². The van der Waals surface area contributed by atoms with Crippen LogP contribution in [0.1, 0.15) is 46.0 Å². The molecule has 4 nitrogen and oxygen atoms in total. The molecule has 0 saturated heterocycles. The molecular weight excluding hydrogens is 196 g/mol. The monoisotopic (exact) mass is 214 g/mol. The van der Waals surface area contributed by atoms with Gasteiger partial charge in [0.05, 0.1) is 5.92 Å². The Morgan fingerprint density at radius 2 is 1.73 bits per heavy atom. The van der Waals surface area contributed by atoms with E-state index >= 15 is 0 Å². The zero-order valence-electron chi connectivity index (χ0n) is 9.28. The largest absolute Gasteiger partial charge is 0.475 e. The number of aliphatic carboxylic acids is 1. The zero-order valence-corrected chi connectivity index (χ0v) is 9.28. The van der Waals surface area contributed by atoms with Crippen molar-refractivity contribution in [3.8, 4) is 0 Å². The molecule has 0 spiro atoms. The summed E-state index contributed by atoms with van der Waals surface area (Å²) in [5, 5.41) is 8.50. The zero-order chi connectivity index (χ0) is 11.8. The molecule has 1 N–H and O–H groups in total. The van der Waals surface area contributed by atoms with E-state index in [1.807, 2.05) is 6.92 Å². The highest BCUT2D eigenvalue weighted by molar-refractivity contribution is 6.37. The van der Waals surface area contributed by atoms with Gasteiger partial charge >= 0.3 is 5.97 Å². The Balaban J connectivity index is 4.22. The second kappa shape index (κ2) is 7.15. The number of carbonyl (C=O) groups excluding carboxylic acids is 2. The fraction of sp³-hybridized carbons (Fsp3) is 0.727. The van der Waals surface area contributed by atoms with Crippen molar-refractivity contribution >= 4 is 17.5 Å². The molecule has 0 aliphatic rings. The van der Waals surface area contributed by atoms with Gasteiger partial charge in [-0.1, -0.05) is 26.7 Å². The molecule has 1 atom stereocenters. The van der Waals surface area contributed by atoms with Crippen molar-refractivity contribution in [1.29, 1.82) is 0 Å². The van der Waals surface area contributed by atoms with E-state index in [-0.39, 0.29) is 12.2 Å². The van der Waals surface area contributed by atoms with Crippen LogP contribution in [0, 0.1) is 5.92 Å². The van der Waals surface area contributed by atoms with Gasteiger partial charge in [0.2, 0.25) is 5.78 Å². The quantitative estimate of drug-likeness (QED) is 0.380. The molecule has 0 aliphatic heterocycles. The Morgan fingerprint density at radius 1 is 1.13 bits per heavy atom. The highest BCUT2D eigenvalue weighted by Gasteiger charge is 2.28. The number of ketones is 2. The number of hydrogen-bond donors (Lipinski definition) is 1. The van der Waals surface area contributed by atoms with Crippen LogP contribution in [0.2, 0.25) is 0 Å². The minimum absolute atomic E-state index is 0.238. The van der Waals surface area contributed by atoms with Crippen LogP contribution in [0.15, 0.2) is 0 Å². The standard InChI is InChI=1S/C11H18O4/c1-3-5-6-7-9(12)8(4-2)10(13)11(14)15/h8H,3-7H2,1-2H3,(H,14,15). The van der Waals surface area contributed by atoms with Gasteiger partial charge in [0.1, 0.15) is 5.78 Å². The van der Waals surface area contributed by atoms with E-state index in [4.69, 9.17) is 5.11 Å². The van der Waals surface area contributed by atoms with Crippen molar-refractivity contribution in [2.24, 2.45) is 5.92 Å². The van der Waals surface area contributed by atoms with Crippen LogP contribution in [0.5, 0.6) is 0 Å². The van der Waals surface area contributed by atoms with Crippen LogP contribution in [-0.4, -0.2) is 22.6 Å². The summed E-state index contributed by atoms with van der Waals surface area (Å²) in [4.78, 5) is 33.1. The third-order valence-corrected chi connectivity index (χ3v) is 2.35. The van der Waals surface area contributed by atoms with Crippen LogP contribution in [-0.2, 0) is 14.4 Å². The van der Waals surface area contributed by atoms with E-state index in [1.54, 1.807) is 6.92 Å². The Morgan fingerprint density at radius 3 is 2.13 bits per heavy atom. The fourth-order valence-electron chi connectivity index (χ4n) is 1.43. The first kappa shape index (κ1) is 13.8. The smallest absolute Gasteiger partial charge is 0.372 e. The van der Waals surface area contributed by atoms with Gasteiger partial charge < -0.3 is 5.11 Å². The van der Waals surface area contributed by atoms with Gasteiger partial charge in [0.15, 0.2) is 0 Å². The van der Waals surface area contributed by atoms with E-state index in [0.717, 1.165) is 19.3 Å². The minimum Gasteiger partial charge on any atom is -0.475 e. The Bertz CT molecular complexity index is 245. The number of carboxylic acid groups (broad SMARTS) is 1. The number of carbonyl (C=O) groups is 3. The topological polar surface area (TPSA) is 71.4 Å². The molecule has 0 rings (SSSR count). The molecule has 0 saturated carbocycles. The van der Waals surface area contributed by atoms with E-state index in [1.165, 1.54) is 0 Å². The van der Waals surface area contributed by atoms with E-state index in [0.29, 0.717) is 6.42 Å². The van der Waals surface area contributed by atoms with Gasteiger partial charge in [0, 0.05) is 6.42 Å². The molecule has 0 bridgehead atoms. The van der Waals surface area contributed by atoms with Crippen LogP contribution < -0.4 is 0 Å². The van der Waals surface area contributed by atoms with E-state index in [9.17, 15) is 14.4 Å². The first-order valence-corrected chi connectivity index (χ1v) is 5.34. The predicted molar refractivity (Wildman–Crippen MR) is 55.6 cm³/mol. The second-order valence-corrected chi connectivity index (χ2v) is 3.55. The summed E-state index contributed by atoms with van der Waals surface area (Å²) >= 11 is 0. The molecule has 15 heavy (non-hydrogen) atoms. The Hall–Kier alpha value is -1.19. The maximum atomic E-state index is 11.5. The molecule has 4 heteroatoms. The van der Waals surface area contributed by atoms with Crippen molar-refractivity contribution in [3.05, 3.63) is 0 Å². The molecule has 0 radical (unpaired) electrons. The molecule has 0 amide bonds. The molecule has 0 aromatic rings. The first-order valence-electron chi connectivity index (χ1n) is 5.34. The summed E-state index contributed by atoms with van der Waals surface area (Å²) in [5.74, 6) is -3.66. The Kier molecular flexibility index (Phi) is 6.58. The SMILES string of the molecule is CCCCCC(=O)C(CC)C(=O)C(=O)O. The van der Waals surface area contributed by atoms with Gasteiger partial charge in [-0.2, -0.15) is 0 Å².